The molecule has 1 saturated heterocycles. The minimum absolute atomic E-state index is 0.193. The van der Waals surface area contributed by atoms with Crippen LogP contribution in [0.1, 0.15) is 23.9 Å². The maximum absolute atomic E-state index is 11.9. The molecule has 122 valence electrons. The Morgan fingerprint density at radius 2 is 2.14 bits per heavy atom. The summed E-state index contributed by atoms with van der Waals surface area (Å²) in [6, 6.07) is 2.59. The van der Waals surface area contributed by atoms with Gasteiger partial charge in [-0.2, -0.15) is 0 Å². The van der Waals surface area contributed by atoms with E-state index in [0.29, 0.717) is 6.54 Å². The highest BCUT2D eigenvalue weighted by molar-refractivity contribution is 5.95. The fraction of sp³-hybridized carbons (Fsp3) is 0.600. The molecule has 2 heterocycles. The summed E-state index contributed by atoms with van der Waals surface area (Å²) in [6.07, 6.45) is 2.30. The molecule has 2 amide bonds. The quantitative estimate of drug-likeness (QED) is 0.705. The molecular weight excluding hydrogens is 286 g/mol. The molecule has 1 atom stereocenters. The van der Waals surface area contributed by atoms with E-state index in [-0.39, 0.29) is 17.6 Å². The molecule has 2 N–H and O–H groups in total. The second-order valence-electron chi connectivity index (χ2n) is 5.27. The van der Waals surface area contributed by atoms with Gasteiger partial charge in [0.25, 0.3) is 5.91 Å². The Morgan fingerprint density at radius 1 is 1.36 bits per heavy atom. The number of rotatable bonds is 7. The summed E-state index contributed by atoms with van der Waals surface area (Å²) in [6.45, 7) is 6.64. The maximum atomic E-state index is 11.9. The molecule has 0 bridgehead atoms. The number of hydrogen-bond acceptors (Lipinski definition) is 5. The Labute approximate surface area is 130 Å². The van der Waals surface area contributed by atoms with Crippen molar-refractivity contribution in [1.29, 1.82) is 0 Å². The maximum Gasteiger partial charge on any atom is 0.287 e. The largest absolute Gasteiger partial charge is 0.459 e. The van der Waals surface area contributed by atoms with Crippen LogP contribution in [0.2, 0.25) is 0 Å². The lowest BCUT2D eigenvalue weighted by atomic mass is 10.2. The van der Waals surface area contributed by atoms with Crippen LogP contribution in [-0.2, 0) is 9.53 Å². The highest BCUT2D eigenvalue weighted by atomic mass is 16.5. The second kappa shape index (κ2) is 8.55. The van der Waals surface area contributed by atoms with Crippen LogP contribution in [0.4, 0.5) is 0 Å². The second-order valence-corrected chi connectivity index (χ2v) is 5.27. The van der Waals surface area contributed by atoms with Crippen LogP contribution >= 0.6 is 0 Å². The fourth-order valence-electron chi connectivity index (χ4n) is 2.23. The molecule has 1 fully saturated rings. The van der Waals surface area contributed by atoms with Gasteiger partial charge in [-0.1, -0.05) is 0 Å². The van der Waals surface area contributed by atoms with Crippen molar-refractivity contribution in [1.82, 2.24) is 15.5 Å². The average molecular weight is 309 g/mol. The predicted molar refractivity (Wildman–Crippen MR) is 80.5 cm³/mol. The molecule has 0 aromatic carbocycles. The Morgan fingerprint density at radius 3 is 2.82 bits per heavy atom. The lowest BCUT2D eigenvalue weighted by molar-refractivity contribution is -0.122. The number of furan rings is 1. The highest BCUT2D eigenvalue weighted by Crippen LogP contribution is 2.00. The Balaban J connectivity index is 1.60. The number of ether oxygens (including phenoxy) is 1. The summed E-state index contributed by atoms with van der Waals surface area (Å²) in [7, 11) is 0. The van der Waals surface area contributed by atoms with E-state index in [1.807, 2.05) is 0 Å². The third kappa shape index (κ3) is 5.16. The third-order valence-electron chi connectivity index (χ3n) is 3.54. The van der Waals surface area contributed by atoms with Gasteiger partial charge in [0.2, 0.25) is 5.91 Å². The van der Waals surface area contributed by atoms with Crippen molar-refractivity contribution < 1.29 is 18.7 Å². The van der Waals surface area contributed by atoms with Crippen LogP contribution in [0.3, 0.4) is 0 Å². The van der Waals surface area contributed by atoms with Crippen molar-refractivity contribution in [2.45, 2.75) is 19.4 Å². The Bertz CT molecular complexity index is 469. The molecule has 0 saturated carbocycles. The average Bonchev–Trinajstić information content (AvgIpc) is 3.07. The zero-order valence-electron chi connectivity index (χ0n) is 12.8. The lowest BCUT2D eigenvalue weighted by Gasteiger charge is -2.26. The molecule has 0 spiro atoms. The number of carbonyl (C=O) groups excluding carboxylic acids is 2. The first-order chi connectivity index (χ1) is 10.7. The fourth-order valence-corrected chi connectivity index (χ4v) is 2.23. The summed E-state index contributed by atoms with van der Waals surface area (Å²) in [5.41, 5.74) is 0. The van der Waals surface area contributed by atoms with E-state index in [1.165, 1.54) is 6.26 Å². The smallest absolute Gasteiger partial charge is 0.287 e. The van der Waals surface area contributed by atoms with E-state index in [1.54, 1.807) is 19.1 Å². The number of amides is 2. The van der Waals surface area contributed by atoms with Crippen molar-refractivity contribution in [3.05, 3.63) is 24.2 Å². The normalized spacial score (nSPS) is 17.0. The topological polar surface area (TPSA) is 83.8 Å². The van der Waals surface area contributed by atoms with E-state index in [0.717, 1.165) is 39.3 Å². The number of morpholine rings is 1. The Hall–Kier alpha value is -1.86. The number of carbonyl (C=O) groups is 2. The SMILES string of the molecule is CC(NC(=O)c1ccco1)C(=O)NCCCN1CCOCC1. The van der Waals surface area contributed by atoms with Crippen molar-refractivity contribution in [3.8, 4) is 0 Å². The molecule has 1 aromatic heterocycles. The molecule has 7 nitrogen and oxygen atoms in total. The van der Waals surface area contributed by atoms with Crippen LogP contribution < -0.4 is 10.6 Å². The van der Waals surface area contributed by atoms with Crippen molar-refractivity contribution in [2.24, 2.45) is 0 Å². The number of hydrogen-bond donors (Lipinski definition) is 2. The van der Waals surface area contributed by atoms with Crippen LogP contribution in [0.25, 0.3) is 0 Å². The molecule has 1 aromatic rings. The van der Waals surface area contributed by atoms with Crippen LogP contribution in [0.15, 0.2) is 22.8 Å². The van der Waals surface area contributed by atoms with Gasteiger partial charge in [0.1, 0.15) is 6.04 Å². The monoisotopic (exact) mass is 309 g/mol. The zero-order valence-corrected chi connectivity index (χ0v) is 12.8. The molecule has 0 radical (unpaired) electrons. The van der Waals surface area contributed by atoms with Crippen LogP contribution in [0, 0.1) is 0 Å². The molecule has 0 aliphatic carbocycles. The lowest BCUT2D eigenvalue weighted by Crippen LogP contribution is -2.45. The highest BCUT2D eigenvalue weighted by Gasteiger charge is 2.17. The van der Waals surface area contributed by atoms with Gasteiger partial charge in [-0.15, -0.1) is 0 Å². The van der Waals surface area contributed by atoms with Crippen molar-refractivity contribution in [2.75, 3.05) is 39.4 Å². The van der Waals surface area contributed by atoms with Crippen LogP contribution in [-0.4, -0.2) is 62.1 Å². The predicted octanol–water partition coefficient (Wildman–Crippen LogP) is 0.236. The van der Waals surface area contributed by atoms with Gasteiger partial charge in [-0.25, -0.2) is 0 Å². The minimum atomic E-state index is -0.596. The summed E-state index contributed by atoms with van der Waals surface area (Å²) >= 11 is 0. The van der Waals surface area contributed by atoms with Gasteiger partial charge >= 0.3 is 0 Å². The van der Waals surface area contributed by atoms with Gasteiger partial charge in [0.15, 0.2) is 5.76 Å². The number of nitrogens with zero attached hydrogens (tertiary/aromatic N) is 1. The first-order valence-corrected chi connectivity index (χ1v) is 7.59. The molecule has 1 aliphatic rings. The zero-order chi connectivity index (χ0) is 15.8. The van der Waals surface area contributed by atoms with E-state index < -0.39 is 6.04 Å². The summed E-state index contributed by atoms with van der Waals surface area (Å²) < 4.78 is 10.3. The first-order valence-electron chi connectivity index (χ1n) is 7.59. The number of nitrogens with one attached hydrogen (secondary N) is 2. The van der Waals surface area contributed by atoms with Gasteiger partial charge in [0, 0.05) is 19.6 Å². The molecular formula is C15H23N3O4. The third-order valence-corrected chi connectivity index (χ3v) is 3.54. The van der Waals surface area contributed by atoms with E-state index >= 15 is 0 Å². The van der Waals surface area contributed by atoms with Gasteiger partial charge in [-0.3, -0.25) is 14.5 Å². The summed E-state index contributed by atoms with van der Waals surface area (Å²) in [5, 5.41) is 5.43. The summed E-state index contributed by atoms with van der Waals surface area (Å²) in [4.78, 5) is 26.0. The molecule has 7 heteroatoms. The molecule has 22 heavy (non-hydrogen) atoms. The first kappa shape index (κ1) is 16.5. The Kier molecular flexibility index (Phi) is 6.42. The molecule has 1 aliphatic heterocycles. The van der Waals surface area contributed by atoms with E-state index in [9.17, 15) is 9.59 Å². The van der Waals surface area contributed by atoms with Gasteiger partial charge in [-0.05, 0) is 32.0 Å². The standard InChI is InChI=1S/C15H23N3O4/c1-12(17-15(20)13-4-2-9-22-13)14(19)16-5-3-6-18-7-10-21-11-8-18/h2,4,9,12H,3,5-8,10-11H2,1H3,(H,16,19)(H,17,20). The van der Waals surface area contributed by atoms with Crippen LogP contribution in [0.5, 0.6) is 0 Å². The van der Waals surface area contributed by atoms with E-state index in [4.69, 9.17) is 9.15 Å². The molecule has 1 unspecified atom stereocenters. The molecule has 2 rings (SSSR count). The minimum Gasteiger partial charge on any atom is -0.459 e. The van der Waals surface area contributed by atoms with Gasteiger partial charge < -0.3 is 19.8 Å². The van der Waals surface area contributed by atoms with Crippen molar-refractivity contribution in [3.63, 3.8) is 0 Å². The summed E-state index contributed by atoms with van der Waals surface area (Å²) in [5.74, 6) is -0.380. The van der Waals surface area contributed by atoms with Crippen molar-refractivity contribution >= 4 is 11.8 Å². The van der Waals surface area contributed by atoms with E-state index in [2.05, 4.69) is 15.5 Å². The van der Waals surface area contributed by atoms with Gasteiger partial charge in [0.05, 0.1) is 19.5 Å².